The van der Waals surface area contributed by atoms with E-state index in [2.05, 4.69) is 20.5 Å². The number of amides is 1. The minimum atomic E-state index is -1.11. The molecule has 3 rings (SSSR count). The normalized spacial score (nSPS) is 27.2. The number of carbonyl (C=O) groups excluding carboxylic acids is 1. The fourth-order valence-electron chi connectivity index (χ4n) is 3.68. The van der Waals surface area contributed by atoms with Crippen molar-refractivity contribution in [1.82, 2.24) is 15.5 Å². The van der Waals surface area contributed by atoms with E-state index in [0.29, 0.717) is 18.7 Å². The standard InChI is InChI=1S/C17H26N4O3/c1-16(23,13-5-3-8-24-13)10-20-15(18-2)21-7-4-6-17(12-21)9-14(22)19-11-17/h3,5,8,23H,4,6-7,9-12H2,1-2H3,(H,18,20)(H,19,22). The number of carbonyl (C=O) groups is 1. The maximum Gasteiger partial charge on any atom is 0.220 e. The Bertz CT molecular complexity index is 611. The first-order valence-corrected chi connectivity index (χ1v) is 8.43. The lowest BCUT2D eigenvalue weighted by atomic mass is 9.79. The van der Waals surface area contributed by atoms with Crippen molar-refractivity contribution in [2.75, 3.05) is 33.2 Å². The highest BCUT2D eigenvalue weighted by Crippen LogP contribution is 2.36. The van der Waals surface area contributed by atoms with Crippen LogP contribution in [0.5, 0.6) is 0 Å². The van der Waals surface area contributed by atoms with Crippen LogP contribution in [0.15, 0.2) is 27.8 Å². The summed E-state index contributed by atoms with van der Waals surface area (Å²) in [5.74, 6) is 1.41. The Balaban J connectivity index is 1.63. The van der Waals surface area contributed by atoms with Crippen molar-refractivity contribution in [2.24, 2.45) is 10.4 Å². The van der Waals surface area contributed by atoms with Gasteiger partial charge in [-0.1, -0.05) is 0 Å². The fraction of sp³-hybridized carbons (Fsp3) is 0.647. The van der Waals surface area contributed by atoms with Crippen molar-refractivity contribution in [3.05, 3.63) is 24.2 Å². The Kier molecular flexibility index (Phi) is 4.54. The van der Waals surface area contributed by atoms with Gasteiger partial charge in [0, 0.05) is 38.5 Å². The van der Waals surface area contributed by atoms with E-state index in [9.17, 15) is 9.90 Å². The third-order valence-electron chi connectivity index (χ3n) is 5.01. The van der Waals surface area contributed by atoms with Crippen LogP contribution in [-0.4, -0.2) is 55.1 Å². The van der Waals surface area contributed by atoms with Gasteiger partial charge in [-0.2, -0.15) is 0 Å². The quantitative estimate of drug-likeness (QED) is 0.558. The van der Waals surface area contributed by atoms with Crippen LogP contribution < -0.4 is 10.6 Å². The van der Waals surface area contributed by atoms with Gasteiger partial charge in [-0.25, -0.2) is 0 Å². The number of rotatable bonds is 3. The number of aliphatic hydroxyl groups is 1. The van der Waals surface area contributed by atoms with E-state index in [1.54, 1.807) is 32.4 Å². The van der Waals surface area contributed by atoms with Gasteiger partial charge in [-0.05, 0) is 31.9 Å². The lowest BCUT2D eigenvalue weighted by molar-refractivity contribution is -0.119. The molecule has 0 radical (unpaired) electrons. The van der Waals surface area contributed by atoms with Gasteiger partial charge in [0.25, 0.3) is 0 Å². The average molecular weight is 334 g/mol. The van der Waals surface area contributed by atoms with Crippen molar-refractivity contribution in [1.29, 1.82) is 0 Å². The van der Waals surface area contributed by atoms with Gasteiger partial charge >= 0.3 is 0 Å². The molecule has 2 atom stereocenters. The molecule has 2 fully saturated rings. The molecule has 1 spiro atoms. The van der Waals surface area contributed by atoms with E-state index in [1.165, 1.54) is 0 Å². The molecule has 3 N–H and O–H groups in total. The number of hydrogen-bond donors (Lipinski definition) is 3. The maximum atomic E-state index is 11.6. The molecule has 1 aromatic heterocycles. The summed E-state index contributed by atoms with van der Waals surface area (Å²) < 4.78 is 5.31. The smallest absolute Gasteiger partial charge is 0.220 e. The van der Waals surface area contributed by atoms with Gasteiger partial charge in [0.05, 0.1) is 12.8 Å². The molecule has 7 heteroatoms. The van der Waals surface area contributed by atoms with Gasteiger partial charge in [0.2, 0.25) is 5.91 Å². The van der Waals surface area contributed by atoms with Gasteiger partial charge in [0.15, 0.2) is 5.96 Å². The number of nitrogens with one attached hydrogen (secondary N) is 2. The maximum absolute atomic E-state index is 11.6. The first-order valence-electron chi connectivity index (χ1n) is 8.43. The van der Waals surface area contributed by atoms with Crippen LogP contribution in [0, 0.1) is 5.41 Å². The Hall–Kier alpha value is -2.02. The van der Waals surface area contributed by atoms with E-state index in [1.807, 2.05) is 0 Å². The Labute approximate surface area is 142 Å². The van der Waals surface area contributed by atoms with Crippen molar-refractivity contribution in [2.45, 2.75) is 31.8 Å². The second-order valence-corrected chi connectivity index (χ2v) is 7.13. The molecule has 0 saturated carbocycles. The van der Waals surface area contributed by atoms with Crippen LogP contribution in [0.4, 0.5) is 0 Å². The van der Waals surface area contributed by atoms with Crippen LogP contribution >= 0.6 is 0 Å². The summed E-state index contributed by atoms with van der Waals surface area (Å²) in [4.78, 5) is 18.2. The first kappa shape index (κ1) is 16.8. The van der Waals surface area contributed by atoms with Crippen molar-refractivity contribution in [3.8, 4) is 0 Å². The molecule has 7 nitrogen and oxygen atoms in total. The fourth-order valence-corrected chi connectivity index (χ4v) is 3.68. The topological polar surface area (TPSA) is 90.1 Å². The largest absolute Gasteiger partial charge is 0.466 e. The molecule has 1 aromatic rings. The van der Waals surface area contributed by atoms with Crippen molar-refractivity contribution >= 4 is 11.9 Å². The molecule has 0 aliphatic carbocycles. The van der Waals surface area contributed by atoms with Gasteiger partial charge < -0.3 is 25.1 Å². The molecule has 3 heterocycles. The van der Waals surface area contributed by atoms with Crippen LogP contribution in [0.1, 0.15) is 31.9 Å². The number of likely N-dealkylation sites (tertiary alicyclic amines) is 1. The number of furan rings is 1. The second kappa shape index (κ2) is 6.47. The van der Waals surface area contributed by atoms with Crippen LogP contribution in [-0.2, 0) is 10.4 Å². The molecular weight excluding hydrogens is 308 g/mol. The molecule has 24 heavy (non-hydrogen) atoms. The molecule has 0 bridgehead atoms. The number of piperidine rings is 1. The zero-order valence-electron chi connectivity index (χ0n) is 14.3. The Morgan fingerprint density at radius 3 is 3.08 bits per heavy atom. The molecule has 1 amide bonds. The second-order valence-electron chi connectivity index (χ2n) is 7.13. The van der Waals surface area contributed by atoms with Crippen LogP contribution in [0.2, 0.25) is 0 Å². The minimum Gasteiger partial charge on any atom is -0.466 e. The molecule has 2 saturated heterocycles. The third-order valence-corrected chi connectivity index (χ3v) is 5.01. The Morgan fingerprint density at radius 2 is 2.46 bits per heavy atom. The first-order chi connectivity index (χ1) is 11.4. The van der Waals surface area contributed by atoms with E-state index < -0.39 is 5.60 Å². The van der Waals surface area contributed by atoms with E-state index in [4.69, 9.17) is 4.42 Å². The summed E-state index contributed by atoms with van der Waals surface area (Å²) in [5, 5.41) is 16.8. The van der Waals surface area contributed by atoms with Gasteiger partial charge in [0.1, 0.15) is 11.4 Å². The SMILES string of the molecule is CN=C(NCC(C)(O)c1ccco1)N1CCCC2(CNC(=O)C2)C1. The summed E-state index contributed by atoms with van der Waals surface area (Å²) in [6.45, 7) is 4.45. The Morgan fingerprint density at radius 1 is 1.62 bits per heavy atom. The molecule has 2 aliphatic heterocycles. The molecular formula is C17H26N4O3. The number of nitrogens with zero attached hydrogens (tertiary/aromatic N) is 2. The van der Waals surface area contributed by atoms with Gasteiger partial charge in [-0.3, -0.25) is 9.79 Å². The lowest BCUT2D eigenvalue weighted by Crippen LogP contribution is -2.53. The van der Waals surface area contributed by atoms with E-state index in [0.717, 1.165) is 38.4 Å². The highest BCUT2D eigenvalue weighted by molar-refractivity contribution is 5.81. The number of hydrogen-bond acceptors (Lipinski definition) is 4. The number of guanidine groups is 1. The monoisotopic (exact) mass is 334 g/mol. The van der Waals surface area contributed by atoms with Crippen LogP contribution in [0.3, 0.4) is 0 Å². The number of aliphatic imine (C=N–C) groups is 1. The predicted molar refractivity (Wildman–Crippen MR) is 90.5 cm³/mol. The molecule has 132 valence electrons. The zero-order chi connectivity index (χ0) is 17.2. The van der Waals surface area contributed by atoms with Crippen LogP contribution in [0.25, 0.3) is 0 Å². The van der Waals surface area contributed by atoms with E-state index >= 15 is 0 Å². The van der Waals surface area contributed by atoms with Crippen molar-refractivity contribution in [3.63, 3.8) is 0 Å². The lowest BCUT2D eigenvalue weighted by Gasteiger charge is -2.41. The summed E-state index contributed by atoms with van der Waals surface area (Å²) in [6, 6.07) is 3.52. The predicted octanol–water partition coefficient (Wildman–Crippen LogP) is 0.665. The highest BCUT2D eigenvalue weighted by atomic mass is 16.4. The summed E-state index contributed by atoms with van der Waals surface area (Å²) >= 11 is 0. The third kappa shape index (κ3) is 3.40. The molecule has 0 aromatic carbocycles. The minimum absolute atomic E-state index is 0.0104. The summed E-state index contributed by atoms with van der Waals surface area (Å²) in [5.41, 5.74) is -1.10. The van der Waals surface area contributed by atoms with Gasteiger partial charge in [-0.15, -0.1) is 0 Å². The zero-order valence-corrected chi connectivity index (χ0v) is 14.3. The molecule has 2 aliphatic rings. The summed E-state index contributed by atoms with van der Waals surface area (Å²) in [6.07, 6.45) is 4.23. The van der Waals surface area contributed by atoms with E-state index in [-0.39, 0.29) is 11.3 Å². The van der Waals surface area contributed by atoms with Crippen molar-refractivity contribution < 1.29 is 14.3 Å². The summed E-state index contributed by atoms with van der Waals surface area (Å²) in [7, 11) is 1.74. The highest BCUT2D eigenvalue weighted by Gasteiger charge is 2.42. The average Bonchev–Trinajstić information content (AvgIpc) is 3.19. The molecule has 2 unspecified atom stereocenters.